The maximum Gasteiger partial charge on any atom is 0.0479 e. The molecule has 0 saturated heterocycles. The van der Waals surface area contributed by atoms with E-state index in [9.17, 15) is 0 Å². The van der Waals surface area contributed by atoms with E-state index in [-0.39, 0.29) is 0 Å². The molecule has 0 amide bonds. The van der Waals surface area contributed by atoms with E-state index in [2.05, 4.69) is 37.4 Å². The Balaban J connectivity index is 1.37. The van der Waals surface area contributed by atoms with Crippen molar-refractivity contribution in [3.63, 3.8) is 0 Å². The molecule has 0 aromatic carbocycles. The van der Waals surface area contributed by atoms with Crippen LogP contribution in [0.3, 0.4) is 0 Å². The summed E-state index contributed by atoms with van der Waals surface area (Å²) < 4.78 is 0. The Morgan fingerprint density at radius 1 is 0.737 bits per heavy atom. The van der Waals surface area contributed by atoms with Gasteiger partial charge in [0, 0.05) is 8.07 Å². The zero-order valence-corrected chi connectivity index (χ0v) is 13.5. The SMILES string of the molecule is C[Si](C)(CC1CC2C=CC1C2)CC1CC2C=CC1C2. The zero-order valence-electron chi connectivity index (χ0n) is 12.5. The van der Waals surface area contributed by atoms with Gasteiger partial charge in [0.15, 0.2) is 0 Å². The van der Waals surface area contributed by atoms with Crippen LogP contribution in [0.5, 0.6) is 0 Å². The lowest BCUT2D eigenvalue weighted by Gasteiger charge is -2.33. The molecule has 0 spiro atoms. The highest BCUT2D eigenvalue weighted by atomic mass is 28.3. The van der Waals surface area contributed by atoms with Gasteiger partial charge in [0.1, 0.15) is 0 Å². The maximum absolute atomic E-state index is 2.68. The largest absolute Gasteiger partial charge is 0.0851 e. The summed E-state index contributed by atoms with van der Waals surface area (Å²) in [4.78, 5) is 0. The first-order chi connectivity index (χ1) is 9.09. The number of allylic oxidation sites excluding steroid dienone is 4. The topological polar surface area (TPSA) is 0 Å². The first kappa shape index (κ1) is 12.4. The van der Waals surface area contributed by atoms with Crippen molar-refractivity contribution >= 4 is 8.07 Å². The van der Waals surface area contributed by atoms with Crippen LogP contribution in [0.2, 0.25) is 25.2 Å². The molecule has 6 atom stereocenters. The summed E-state index contributed by atoms with van der Waals surface area (Å²) in [6.45, 7) is 5.36. The Bertz CT molecular complexity index is 381. The lowest BCUT2D eigenvalue weighted by atomic mass is 9.95. The smallest absolute Gasteiger partial charge is 0.0479 e. The highest BCUT2D eigenvalue weighted by Crippen LogP contribution is 2.50. The fourth-order valence-electron chi connectivity index (χ4n) is 5.76. The third kappa shape index (κ3) is 2.28. The average Bonchev–Trinajstić information content (AvgIpc) is 3.06. The molecule has 4 aliphatic carbocycles. The van der Waals surface area contributed by atoms with E-state index in [1.165, 1.54) is 25.7 Å². The van der Waals surface area contributed by atoms with Crippen molar-refractivity contribution in [3.8, 4) is 0 Å². The third-order valence-corrected chi connectivity index (χ3v) is 9.72. The van der Waals surface area contributed by atoms with Crippen molar-refractivity contribution in [1.82, 2.24) is 0 Å². The molecule has 6 unspecified atom stereocenters. The van der Waals surface area contributed by atoms with Crippen molar-refractivity contribution in [2.24, 2.45) is 35.5 Å². The Labute approximate surface area is 119 Å². The maximum atomic E-state index is 2.68. The molecule has 0 nitrogen and oxygen atoms in total. The van der Waals surface area contributed by atoms with Gasteiger partial charge in [-0.3, -0.25) is 0 Å². The van der Waals surface area contributed by atoms with E-state index in [1.54, 1.807) is 12.1 Å². The van der Waals surface area contributed by atoms with Gasteiger partial charge in [-0.05, 0) is 61.2 Å². The van der Waals surface area contributed by atoms with Gasteiger partial charge in [0.05, 0.1) is 0 Å². The Hall–Kier alpha value is -0.303. The van der Waals surface area contributed by atoms with Gasteiger partial charge in [-0.15, -0.1) is 0 Å². The van der Waals surface area contributed by atoms with E-state index in [0.717, 1.165) is 35.5 Å². The van der Waals surface area contributed by atoms with Crippen LogP contribution in [0.25, 0.3) is 0 Å². The first-order valence-corrected chi connectivity index (χ1v) is 11.9. The molecule has 0 radical (unpaired) electrons. The third-order valence-electron chi connectivity index (χ3n) is 6.46. The number of hydrogen-bond donors (Lipinski definition) is 0. The molecule has 1 heteroatoms. The molecule has 4 aliphatic rings. The summed E-state index contributed by atoms with van der Waals surface area (Å²) in [6, 6.07) is 3.21. The zero-order chi connectivity index (χ0) is 13.0. The summed E-state index contributed by atoms with van der Waals surface area (Å²) in [5, 5.41) is 0. The van der Waals surface area contributed by atoms with Crippen LogP contribution in [0, 0.1) is 35.5 Å². The minimum Gasteiger partial charge on any atom is -0.0851 e. The molecular formula is C18H28Si. The molecule has 0 N–H and O–H groups in total. The summed E-state index contributed by atoms with van der Waals surface area (Å²) in [7, 11) is -0.976. The predicted molar refractivity (Wildman–Crippen MR) is 84.8 cm³/mol. The molecule has 104 valence electrons. The molecule has 2 fully saturated rings. The van der Waals surface area contributed by atoms with Crippen LogP contribution < -0.4 is 0 Å². The van der Waals surface area contributed by atoms with Crippen molar-refractivity contribution in [1.29, 1.82) is 0 Å². The molecule has 4 bridgehead atoms. The molecule has 4 rings (SSSR count). The second-order valence-electron chi connectivity index (χ2n) is 8.65. The molecule has 0 aromatic rings. The molecular weight excluding hydrogens is 244 g/mol. The van der Waals surface area contributed by atoms with E-state index >= 15 is 0 Å². The monoisotopic (exact) mass is 272 g/mol. The second-order valence-corrected chi connectivity index (χ2v) is 13.8. The van der Waals surface area contributed by atoms with E-state index in [0.29, 0.717) is 0 Å². The molecule has 2 saturated carbocycles. The molecule has 0 heterocycles. The second kappa shape index (κ2) is 4.34. The first-order valence-electron chi connectivity index (χ1n) is 8.46. The fourth-order valence-corrected chi connectivity index (χ4v) is 9.71. The van der Waals surface area contributed by atoms with Gasteiger partial charge in [-0.2, -0.15) is 0 Å². The minimum absolute atomic E-state index is 0.963. The molecule has 0 aromatic heterocycles. The Morgan fingerprint density at radius 2 is 1.21 bits per heavy atom. The quantitative estimate of drug-likeness (QED) is 0.492. The van der Waals surface area contributed by atoms with Crippen LogP contribution in [0.15, 0.2) is 24.3 Å². The summed E-state index contributed by atoms with van der Waals surface area (Å²) in [5.41, 5.74) is 0. The van der Waals surface area contributed by atoms with Crippen LogP contribution in [0.4, 0.5) is 0 Å². The number of hydrogen-bond acceptors (Lipinski definition) is 0. The Kier molecular flexibility index (Phi) is 2.84. The molecule has 19 heavy (non-hydrogen) atoms. The van der Waals surface area contributed by atoms with Gasteiger partial charge in [-0.1, -0.05) is 49.5 Å². The number of rotatable bonds is 4. The van der Waals surface area contributed by atoms with E-state index in [1.807, 2.05) is 0 Å². The normalized spacial score (nSPS) is 46.6. The molecule has 0 aliphatic heterocycles. The highest BCUT2D eigenvalue weighted by Gasteiger charge is 2.42. The van der Waals surface area contributed by atoms with Gasteiger partial charge >= 0.3 is 0 Å². The van der Waals surface area contributed by atoms with E-state index < -0.39 is 8.07 Å². The summed E-state index contributed by atoms with van der Waals surface area (Å²) in [5.74, 6) is 5.99. The number of fused-ring (bicyclic) bond motifs is 4. The van der Waals surface area contributed by atoms with Gasteiger partial charge in [0.2, 0.25) is 0 Å². The van der Waals surface area contributed by atoms with Crippen LogP contribution in [-0.2, 0) is 0 Å². The predicted octanol–water partition coefficient (Wildman–Crippen LogP) is 5.12. The average molecular weight is 273 g/mol. The lowest BCUT2D eigenvalue weighted by molar-refractivity contribution is 0.464. The van der Waals surface area contributed by atoms with Gasteiger partial charge in [0.25, 0.3) is 0 Å². The standard InChI is InChI=1S/C18H28Si/c1-19(2,11-17-9-13-3-5-15(17)7-13)12-18-10-14-4-6-16(18)8-14/h3-6,13-18H,7-12H2,1-2H3. The van der Waals surface area contributed by atoms with Crippen molar-refractivity contribution in [3.05, 3.63) is 24.3 Å². The van der Waals surface area contributed by atoms with Crippen LogP contribution >= 0.6 is 0 Å². The van der Waals surface area contributed by atoms with Crippen molar-refractivity contribution in [2.75, 3.05) is 0 Å². The van der Waals surface area contributed by atoms with Crippen LogP contribution in [-0.4, -0.2) is 8.07 Å². The van der Waals surface area contributed by atoms with Crippen molar-refractivity contribution in [2.45, 2.75) is 50.9 Å². The van der Waals surface area contributed by atoms with Crippen LogP contribution in [0.1, 0.15) is 25.7 Å². The van der Waals surface area contributed by atoms with Gasteiger partial charge < -0.3 is 0 Å². The lowest BCUT2D eigenvalue weighted by Crippen LogP contribution is -2.33. The van der Waals surface area contributed by atoms with Crippen molar-refractivity contribution < 1.29 is 0 Å². The van der Waals surface area contributed by atoms with Gasteiger partial charge in [-0.25, -0.2) is 0 Å². The fraction of sp³-hybridized carbons (Fsp3) is 0.778. The minimum atomic E-state index is -0.976. The highest BCUT2D eigenvalue weighted by molar-refractivity contribution is 6.77. The summed E-state index contributed by atoms with van der Waals surface area (Å²) in [6.07, 6.45) is 16.1. The van der Waals surface area contributed by atoms with E-state index in [4.69, 9.17) is 0 Å². The summed E-state index contributed by atoms with van der Waals surface area (Å²) >= 11 is 0. The Morgan fingerprint density at radius 3 is 1.53 bits per heavy atom.